The quantitative estimate of drug-likeness (QED) is 0.850. The summed E-state index contributed by atoms with van der Waals surface area (Å²) in [7, 11) is 0. The van der Waals surface area contributed by atoms with Gasteiger partial charge in [-0.05, 0) is 48.1 Å². The molecule has 6 heteroatoms. The van der Waals surface area contributed by atoms with Crippen molar-refractivity contribution in [3.63, 3.8) is 0 Å². The summed E-state index contributed by atoms with van der Waals surface area (Å²) < 4.78 is 0. The Morgan fingerprint density at radius 3 is 2.72 bits per heavy atom. The molecule has 2 aromatic rings. The molecule has 29 heavy (non-hydrogen) atoms. The first-order valence-corrected chi connectivity index (χ1v) is 10.4. The minimum absolute atomic E-state index is 0.0155. The van der Waals surface area contributed by atoms with Gasteiger partial charge in [-0.25, -0.2) is 4.98 Å². The predicted molar refractivity (Wildman–Crippen MR) is 112 cm³/mol. The van der Waals surface area contributed by atoms with Gasteiger partial charge in [0.1, 0.15) is 5.82 Å². The maximum absolute atomic E-state index is 12.7. The van der Waals surface area contributed by atoms with Gasteiger partial charge in [0, 0.05) is 39.3 Å². The van der Waals surface area contributed by atoms with Gasteiger partial charge in [0.2, 0.25) is 11.8 Å². The third kappa shape index (κ3) is 4.42. The van der Waals surface area contributed by atoms with Gasteiger partial charge in [0.15, 0.2) is 0 Å². The highest BCUT2D eigenvalue weighted by Gasteiger charge is 2.30. The van der Waals surface area contributed by atoms with Crippen molar-refractivity contribution in [1.29, 1.82) is 0 Å². The second-order valence-corrected chi connectivity index (χ2v) is 7.87. The molecule has 6 nitrogen and oxygen atoms in total. The number of pyridine rings is 1. The van der Waals surface area contributed by atoms with Crippen molar-refractivity contribution in [2.45, 2.75) is 45.2 Å². The van der Waals surface area contributed by atoms with E-state index in [0.29, 0.717) is 13.1 Å². The molecule has 2 aliphatic heterocycles. The van der Waals surface area contributed by atoms with E-state index in [0.717, 1.165) is 36.5 Å². The Bertz CT molecular complexity index is 892. The van der Waals surface area contributed by atoms with Crippen LogP contribution < -0.4 is 10.2 Å². The molecule has 1 atom stereocenters. The summed E-state index contributed by atoms with van der Waals surface area (Å²) in [5.74, 6) is 0.956. The second-order valence-electron chi connectivity index (χ2n) is 7.87. The van der Waals surface area contributed by atoms with Crippen LogP contribution in [-0.2, 0) is 22.6 Å². The monoisotopic (exact) mass is 392 g/mol. The lowest BCUT2D eigenvalue weighted by Crippen LogP contribution is -2.41. The second kappa shape index (κ2) is 8.64. The fourth-order valence-corrected chi connectivity index (χ4v) is 4.39. The van der Waals surface area contributed by atoms with Crippen LogP contribution in [0.15, 0.2) is 42.6 Å². The van der Waals surface area contributed by atoms with Crippen molar-refractivity contribution in [1.82, 2.24) is 15.2 Å². The van der Waals surface area contributed by atoms with Gasteiger partial charge in [0.25, 0.3) is 0 Å². The van der Waals surface area contributed by atoms with Crippen LogP contribution >= 0.6 is 0 Å². The fourth-order valence-electron chi connectivity index (χ4n) is 4.39. The molecule has 152 valence electrons. The van der Waals surface area contributed by atoms with E-state index < -0.39 is 0 Å². The highest BCUT2D eigenvalue weighted by Crippen LogP contribution is 2.32. The van der Waals surface area contributed by atoms with Crippen LogP contribution in [0.5, 0.6) is 0 Å². The molecule has 0 spiro atoms. The molecule has 0 bridgehead atoms. The number of nitrogens with one attached hydrogen (secondary N) is 1. The third-order valence-electron chi connectivity index (χ3n) is 5.93. The molecule has 2 aliphatic rings. The van der Waals surface area contributed by atoms with E-state index >= 15 is 0 Å². The number of carbonyl (C=O) groups is 2. The van der Waals surface area contributed by atoms with E-state index in [1.165, 1.54) is 18.4 Å². The third-order valence-corrected chi connectivity index (χ3v) is 5.93. The zero-order valence-corrected chi connectivity index (χ0v) is 16.9. The zero-order chi connectivity index (χ0) is 20.2. The lowest BCUT2D eigenvalue weighted by molar-refractivity contribution is -0.133. The zero-order valence-electron chi connectivity index (χ0n) is 16.9. The number of carbonyl (C=O) groups excluding carboxylic acids is 2. The number of rotatable bonds is 5. The molecule has 1 N–H and O–H groups in total. The predicted octanol–water partition coefficient (Wildman–Crippen LogP) is 2.83. The molecule has 1 unspecified atom stereocenters. The Kier molecular flexibility index (Phi) is 5.79. The van der Waals surface area contributed by atoms with Crippen molar-refractivity contribution in [2.24, 2.45) is 0 Å². The van der Waals surface area contributed by atoms with Gasteiger partial charge < -0.3 is 15.1 Å². The summed E-state index contributed by atoms with van der Waals surface area (Å²) in [6.45, 7) is 4.80. The van der Waals surface area contributed by atoms with Gasteiger partial charge in [-0.15, -0.1) is 0 Å². The van der Waals surface area contributed by atoms with Crippen LogP contribution in [0.2, 0.25) is 0 Å². The molecule has 4 rings (SSSR count). The first kappa shape index (κ1) is 19.4. The number of aromatic nitrogens is 1. The van der Waals surface area contributed by atoms with Crippen molar-refractivity contribution in [2.75, 3.05) is 24.5 Å². The van der Waals surface area contributed by atoms with Crippen molar-refractivity contribution in [3.05, 3.63) is 59.3 Å². The van der Waals surface area contributed by atoms with E-state index in [1.54, 1.807) is 6.92 Å². The highest BCUT2D eigenvalue weighted by molar-refractivity contribution is 5.79. The Balaban J connectivity index is 1.41. The minimum atomic E-state index is -0.199. The van der Waals surface area contributed by atoms with Crippen LogP contribution in [0.1, 0.15) is 48.9 Å². The first-order valence-electron chi connectivity index (χ1n) is 10.4. The maximum Gasteiger partial charge on any atom is 0.222 e. The number of anilines is 1. The summed E-state index contributed by atoms with van der Waals surface area (Å²) in [6.07, 6.45) is 5.34. The van der Waals surface area contributed by atoms with Crippen molar-refractivity contribution in [3.8, 4) is 0 Å². The number of hydrogen-bond donors (Lipinski definition) is 1. The molecule has 0 radical (unpaired) electrons. The average molecular weight is 393 g/mol. The Morgan fingerprint density at radius 2 is 1.93 bits per heavy atom. The number of nitrogens with zero attached hydrogens (tertiary/aromatic N) is 3. The largest absolute Gasteiger partial charge is 0.357 e. The molecule has 1 aromatic carbocycles. The summed E-state index contributed by atoms with van der Waals surface area (Å²) in [5.41, 5.74) is 3.36. The molecule has 2 amide bonds. The van der Waals surface area contributed by atoms with Crippen LogP contribution in [0.25, 0.3) is 0 Å². The highest BCUT2D eigenvalue weighted by atomic mass is 16.2. The summed E-state index contributed by atoms with van der Waals surface area (Å²) in [6, 6.07) is 11.9. The molecule has 1 aromatic heterocycles. The maximum atomic E-state index is 12.7. The minimum Gasteiger partial charge on any atom is -0.357 e. The fraction of sp³-hybridized carbons (Fsp3) is 0.435. The topological polar surface area (TPSA) is 65.5 Å². The van der Waals surface area contributed by atoms with E-state index in [2.05, 4.69) is 27.3 Å². The van der Waals surface area contributed by atoms with Crippen LogP contribution in [0, 0.1) is 0 Å². The molecule has 1 saturated heterocycles. The van der Waals surface area contributed by atoms with Crippen molar-refractivity contribution < 1.29 is 9.59 Å². The van der Waals surface area contributed by atoms with Gasteiger partial charge in [-0.1, -0.05) is 24.3 Å². The smallest absolute Gasteiger partial charge is 0.222 e. The molecular formula is C23H28N4O2. The normalized spacial score (nSPS) is 18.4. The van der Waals surface area contributed by atoms with Gasteiger partial charge in [0.05, 0.1) is 12.5 Å². The van der Waals surface area contributed by atoms with Crippen molar-refractivity contribution >= 4 is 17.6 Å². The standard InChI is InChI=1S/C23H28N4O2/c1-17(28)27-13-9-19-6-2-3-7-20(19)21(27)15-23(29)25-16-18-8-10-24-22(14-18)26-11-4-5-12-26/h2-3,6-8,10,14,21H,4-5,9,11-13,15-16H2,1H3,(H,25,29). The molecule has 0 saturated carbocycles. The van der Waals surface area contributed by atoms with Gasteiger partial charge >= 0.3 is 0 Å². The summed E-state index contributed by atoms with van der Waals surface area (Å²) >= 11 is 0. The summed E-state index contributed by atoms with van der Waals surface area (Å²) in [5, 5.41) is 3.03. The Hall–Kier alpha value is -2.89. The Labute approximate surface area is 171 Å². The van der Waals surface area contributed by atoms with Gasteiger partial charge in [-0.3, -0.25) is 9.59 Å². The van der Waals surface area contributed by atoms with E-state index in [-0.39, 0.29) is 24.3 Å². The first-order chi connectivity index (χ1) is 14.1. The van der Waals surface area contributed by atoms with Gasteiger partial charge in [-0.2, -0.15) is 0 Å². The van der Waals surface area contributed by atoms with E-state index in [4.69, 9.17) is 0 Å². The van der Waals surface area contributed by atoms with Crippen LogP contribution in [-0.4, -0.2) is 41.3 Å². The number of amides is 2. The lowest BCUT2D eigenvalue weighted by Gasteiger charge is -2.36. The number of hydrogen-bond acceptors (Lipinski definition) is 4. The molecule has 1 fully saturated rings. The molecule has 0 aliphatic carbocycles. The number of benzene rings is 1. The lowest BCUT2D eigenvalue weighted by atomic mass is 9.90. The SMILES string of the molecule is CC(=O)N1CCc2ccccc2C1CC(=O)NCc1ccnc(N2CCCC2)c1. The van der Waals surface area contributed by atoms with E-state index in [1.807, 2.05) is 35.4 Å². The molecule has 3 heterocycles. The van der Waals surface area contributed by atoms with E-state index in [9.17, 15) is 9.59 Å². The number of fused-ring (bicyclic) bond motifs is 1. The Morgan fingerprint density at radius 1 is 1.14 bits per heavy atom. The van der Waals surface area contributed by atoms with Crippen LogP contribution in [0.4, 0.5) is 5.82 Å². The average Bonchev–Trinajstić information content (AvgIpc) is 3.27. The van der Waals surface area contributed by atoms with Crippen LogP contribution in [0.3, 0.4) is 0 Å². The summed E-state index contributed by atoms with van der Waals surface area (Å²) in [4.78, 5) is 33.4. The molecular weight excluding hydrogens is 364 g/mol.